The summed E-state index contributed by atoms with van der Waals surface area (Å²) in [4.78, 5) is 21.9. The minimum Gasteiger partial charge on any atom is -0.273 e. The first-order valence-corrected chi connectivity index (χ1v) is 5.98. The van der Waals surface area contributed by atoms with Gasteiger partial charge in [0.1, 0.15) is 0 Å². The Morgan fingerprint density at radius 3 is 2.00 bits per heavy atom. The smallest absolute Gasteiger partial charge is 0.245 e. The minimum absolute atomic E-state index is 0.106. The Bertz CT molecular complexity index is 207. The molecule has 4 heteroatoms. The maximum Gasteiger partial charge on any atom is 0.245 e. The Hall–Kier alpha value is -0.930. The summed E-state index contributed by atoms with van der Waals surface area (Å²) in [5.41, 5.74) is 0. The van der Waals surface area contributed by atoms with E-state index in [4.69, 9.17) is 0 Å². The van der Waals surface area contributed by atoms with E-state index in [0.717, 1.165) is 30.7 Å². The summed E-state index contributed by atoms with van der Waals surface area (Å²) >= 11 is 0. The molecule has 4 nitrogen and oxygen atoms in total. The SMILES string of the molecule is O=NN1CCCCCCCCCCC1=O. The highest BCUT2D eigenvalue weighted by molar-refractivity contribution is 5.75. The van der Waals surface area contributed by atoms with Crippen molar-refractivity contribution in [1.82, 2.24) is 5.01 Å². The van der Waals surface area contributed by atoms with Crippen LogP contribution >= 0.6 is 0 Å². The Balaban J connectivity index is 2.37. The van der Waals surface area contributed by atoms with Crippen molar-refractivity contribution in [3.05, 3.63) is 4.91 Å². The van der Waals surface area contributed by atoms with E-state index >= 15 is 0 Å². The first kappa shape index (κ1) is 12.1. The van der Waals surface area contributed by atoms with Crippen molar-refractivity contribution in [3.63, 3.8) is 0 Å². The first-order valence-electron chi connectivity index (χ1n) is 5.98. The van der Waals surface area contributed by atoms with Gasteiger partial charge < -0.3 is 0 Å². The van der Waals surface area contributed by atoms with E-state index in [0.29, 0.717) is 13.0 Å². The van der Waals surface area contributed by atoms with Crippen molar-refractivity contribution < 1.29 is 4.79 Å². The molecule has 1 fully saturated rings. The number of nitroso groups, excluding NO2 is 1. The average molecular weight is 212 g/mol. The predicted octanol–water partition coefficient (Wildman–Crippen LogP) is 3.02. The second-order valence-electron chi connectivity index (χ2n) is 4.18. The second kappa shape index (κ2) is 7.37. The van der Waals surface area contributed by atoms with Crippen molar-refractivity contribution in [1.29, 1.82) is 0 Å². The van der Waals surface area contributed by atoms with Crippen molar-refractivity contribution in [2.24, 2.45) is 5.29 Å². The molecule has 1 aliphatic heterocycles. The van der Waals surface area contributed by atoms with Crippen LogP contribution in [0.4, 0.5) is 0 Å². The van der Waals surface area contributed by atoms with Crippen LogP contribution in [-0.4, -0.2) is 17.5 Å². The van der Waals surface area contributed by atoms with Gasteiger partial charge in [0.2, 0.25) is 5.91 Å². The molecular weight excluding hydrogens is 192 g/mol. The van der Waals surface area contributed by atoms with E-state index in [1.54, 1.807) is 0 Å². The van der Waals surface area contributed by atoms with Crippen LogP contribution in [0.1, 0.15) is 57.8 Å². The number of carbonyl (C=O) groups excluding carboxylic acids is 1. The molecule has 15 heavy (non-hydrogen) atoms. The number of hydrogen-bond donors (Lipinski definition) is 0. The summed E-state index contributed by atoms with van der Waals surface area (Å²) in [7, 11) is 0. The van der Waals surface area contributed by atoms with Crippen LogP contribution in [0.25, 0.3) is 0 Å². The molecule has 1 rings (SSSR count). The summed E-state index contributed by atoms with van der Waals surface area (Å²) in [5.74, 6) is -0.106. The monoisotopic (exact) mass is 212 g/mol. The second-order valence-corrected chi connectivity index (χ2v) is 4.18. The quantitative estimate of drug-likeness (QED) is 0.627. The van der Waals surface area contributed by atoms with Gasteiger partial charge in [-0.1, -0.05) is 38.5 Å². The summed E-state index contributed by atoms with van der Waals surface area (Å²) < 4.78 is 0. The molecule has 86 valence electrons. The average Bonchev–Trinajstić information content (AvgIpc) is 2.23. The molecule has 0 aromatic carbocycles. The van der Waals surface area contributed by atoms with Crippen molar-refractivity contribution in [2.45, 2.75) is 57.8 Å². The zero-order chi connectivity index (χ0) is 10.9. The Labute approximate surface area is 91.0 Å². The molecule has 0 aromatic rings. The number of amides is 1. The van der Waals surface area contributed by atoms with Gasteiger partial charge in [0.05, 0.1) is 5.29 Å². The molecule has 0 unspecified atom stereocenters. The molecule has 1 aliphatic rings. The van der Waals surface area contributed by atoms with Crippen LogP contribution < -0.4 is 0 Å². The first-order chi connectivity index (χ1) is 7.34. The molecule has 0 N–H and O–H groups in total. The zero-order valence-electron chi connectivity index (χ0n) is 9.28. The predicted molar refractivity (Wildman–Crippen MR) is 59.1 cm³/mol. The number of rotatable bonds is 1. The molecule has 1 amide bonds. The van der Waals surface area contributed by atoms with Gasteiger partial charge in [0, 0.05) is 13.0 Å². The topological polar surface area (TPSA) is 49.7 Å². The maximum atomic E-state index is 11.5. The van der Waals surface area contributed by atoms with Gasteiger partial charge in [0.25, 0.3) is 0 Å². The van der Waals surface area contributed by atoms with E-state index in [1.165, 1.54) is 25.7 Å². The molecule has 1 heterocycles. The summed E-state index contributed by atoms with van der Waals surface area (Å²) in [6.45, 7) is 0.502. The van der Waals surface area contributed by atoms with Gasteiger partial charge in [-0.15, -0.1) is 4.91 Å². The number of hydrogen-bond acceptors (Lipinski definition) is 3. The van der Waals surface area contributed by atoms with Crippen molar-refractivity contribution >= 4 is 5.91 Å². The van der Waals surface area contributed by atoms with E-state index in [9.17, 15) is 9.70 Å². The molecule has 0 aromatic heterocycles. The summed E-state index contributed by atoms with van der Waals surface area (Å²) in [6.07, 6.45) is 9.45. The lowest BCUT2D eigenvalue weighted by Gasteiger charge is -2.14. The minimum atomic E-state index is -0.106. The van der Waals surface area contributed by atoms with Crippen LogP contribution in [0.15, 0.2) is 5.29 Å². The van der Waals surface area contributed by atoms with Crippen molar-refractivity contribution in [3.8, 4) is 0 Å². The van der Waals surface area contributed by atoms with E-state index in [2.05, 4.69) is 5.29 Å². The third-order valence-electron chi connectivity index (χ3n) is 2.90. The van der Waals surface area contributed by atoms with Crippen molar-refractivity contribution in [2.75, 3.05) is 6.54 Å². The highest BCUT2D eigenvalue weighted by atomic mass is 16.3. The van der Waals surface area contributed by atoms with Crippen LogP contribution in [0.3, 0.4) is 0 Å². The summed E-state index contributed by atoms with van der Waals surface area (Å²) in [6, 6.07) is 0. The zero-order valence-corrected chi connectivity index (χ0v) is 9.28. The molecule has 0 saturated carbocycles. The van der Waals surface area contributed by atoms with Crippen LogP contribution in [-0.2, 0) is 4.79 Å². The molecule has 0 radical (unpaired) electrons. The molecule has 0 spiro atoms. The lowest BCUT2D eigenvalue weighted by molar-refractivity contribution is -0.131. The fraction of sp³-hybridized carbons (Fsp3) is 0.909. The molecular formula is C11H20N2O2. The highest BCUT2D eigenvalue weighted by Gasteiger charge is 2.13. The molecule has 0 aliphatic carbocycles. The van der Waals surface area contributed by atoms with Crippen LogP contribution in [0, 0.1) is 4.91 Å². The lowest BCUT2D eigenvalue weighted by atomic mass is 10.1. The molecule has 0 bridgehead atoms. The Kier molecular flexibility index (Phi) is 5.97. The fourth-order valence-electron chi connectivity index (χ4n) is 1.94. The maximum absolute atomic E-state index is 11.5. The fourth-order valence-corrected chi connectivity index (χ4v) is 1.94. The third kappa shape index (κ3) is 4.91. The van der Waals surface area contributed by atoms with E-state index in [1.807, 2.05) is 0 Å². The van der Waals surface area contributed by atoms with Gasteiger partial charge in [-0.25, -0.2) is 0 Å². The molecule has 1 saturated heterocycles. The number of carbonyl (C=O) groups is 1. The van der Waals surface area contributed by atoms with Gasteiger partial charge in [-0.05, 0) is 12.8 Å². The van der Waals surface area contributed by atoms with Gasteiger partial charge in [-0.2, -0.15) is 5.01 Å². The van der Waals surface area contributed by atoms with Gasteiger partial charge in [-0.3, -0.25) is 4.79 Å². The van der Waals surface area contributed by atoms with E-state index < -0.39 is 0 Å². The standard InChI is InChI=1S/C11H20N2O2/c14-11-9-7-5-3-1-2-4-6-8-10-13(11)12-15/h1-10H2. The van der Waals surface area contributed by atoms with Gasteiger partial charge in [0.15, 0.2) is 0 Å². The van der Waals surface area contributed by atoms with Crippen LogP contribution in [0.2, 0.25) is 0 Å². The Morgan fingerprint density at radius 2 is 1.40 bits per heavy atom. The summed E-state index contributed by atoms with van der Waals surface area (Å²) in [5, 5.41) is 3.89. The normalized spacial score (nSPS) is 21.6. The van der Waals surface area contributed by atoms with Gasteiger partial charge >= 0.3 is 0 Å². The molecule has 0 atom stereocenters. The van der Waals surface area contributed by atoms with E-state index in [-0.39, 0.29) is 5.91 Å². The van der Waals surface area contributed by atoms with Crippen LogP contribution in [0.5, 0.6) is 0 Å². The highest BCUT2D eigenvalue weighted by Crippen LogP contribution is 2.13. The Morgan fingerprint density at radius 1 is 0.867 bits per heavy atom. The lowest BCUT2D eigenvalue weighted by Crippen LogP contribution is -2.26. The number of nitrogens with zero attached hydrogens (tertiary/aromatic N) is 2. The third-order valence-corrected chi connectivity index (χ3v) is 2.90. The largest absolute Gasteiger partial charge is 0.273 e.